The fraction of sp³-hybridized carbons (Fsp3) is 0.320. The lowest BCUT2D eigenvalue weighted by molar-refractivity contribution is -0.757. The van der Waals surface area contributed by atoms with Crippen LogP contribution in [0.1, 0.15) is 29.9 Å². The predicted molar refractivity (Wildman–Crippen MR) is 156 cm³/mol. The summed E-state index contributed by atoms with van der Waals surface area (Å²) in [5, 5.41) is 14.0. The summed E-state index contributed by atoms with van der Waals surface area (Å²) in [5.41, 5.74) is 8.03. The number of nitrogens with one attached hydrogen (secondary N) is 1. The first-order valence-corrected chi connectivity index (χ1v) is 15.9. The van der Waals surface area contributed by atoms with Crippen LogP contribution in [0.4, 0.5) is 5.69 Å². The highest BCUT2D eigenvalue weighted by atomic mass is 32.2. The van der Waals surface area contributed by atoms with E-state index in [1.807, 2.05) is 24.3 Å². The van der Waals surface area contributed by atoms with E-state index >= 15 is 0 Å². The molecule has 1 heterocycles. The molecule has 0 radical (unpaired) electrons. The number of nitrogens with two attached hydrogens (primary N) is 1. The maximum Gasteiger partial charge on any atom is 0.306 e. The van der Waals surface area contributed by atoms with E-state index < -0.39 is 37.2 Å². The number of nitrogens with zero attached hydrogens (tertiary/aromatic N) is 2. The van der Waals surface area contributed by atoms with Crippen LogP contribution < -0.4 is 11.1 Å². The van der Waals surface area contributed by atoms with E-state index in [-0.39, 0.29) is 38.5 Å². The zero-order chi connectivity index (χ0) is 32.6. The molecule has 2 aromatic carbocycles. The number of pyridine rings is 1. The maximum absolute atomic E-state index is 12.8. The van der Waals surface area contributed by atoms with Crippen molar-refractivity contribution in [1.29, 1.82) is 0 Å². The van der Waals surface area contributed by atoms with Crippen LogP contribution in [-0.2, 0) is 46.0 Å². The molecular formula is C25H32N4O12S2. The van der Waals surface area contributed by atoms with Crippen LogP contribution in [0.25, 0.3) is 10.8 Å². The second-order valence-corrected chi connectivity index (χ2v) is 11.7. The second-order valence-electron chi connectivity index (χ2n) is 8.74. The molecule has 1 amide bonds. The van der Waals surface area contributed by atoms with Gasteiger partial charge in [0.25, 0.3) is 25.3 Å². The number of carbonyl (C=O) groups excluding carboxylic acids is 2. The van der Waals surface area contributed by atoms with Gasteiger partial charge in [-0.25, -0.2) is 0 Å². The average Bonchev–Trinajstić information content (AvgIpc) is 2.89. The van der Waals surface area contributed by atoms with Gasteiger partial charge < -0.3 is 20.6 Å². The molecule has 1 unspecified atom stereocenters. The highest BCUT2D eigenvalue weighted by Crippen LogP contribution is 2.22. The van der Waals surface area contributed by atoms with Crippen molar-refractivity contribution in [2.24, 2.45) is 5.73 Å². The average molecular weight is 645 g/mol. The van der Waals surface area contributed by atoms with Gasteiger partial charge in [0.15, 0.2) is 0 Å². The largest absolute Gasteiger partial charge is 0.461 e. The Kier molecular flexibility index (Phi) is 15.1. The summed E-state index contributed by atoms with van der Waals surface area (Å²) >= 11 is 0. The number of carbonyl (C=O) groups is 2. The lowest BCUT2D eigenvalue weighted by Crippen LogP contribution is -2.27. The van der Waals surface area contributed by atoms with Gasteiger partial charge in [0, 0.05) is 36.4 Å². The first kappa shape index (κ1) is 36.8. The number of rotatable bonds is 11. The van der Waals surface area contributed by atoms with Crippen molar-refractivity contribution in [2.75, 3.05) is 31.0 Å². The van der Waals surface area contributed by atoms with Gasteiger partial charge in [-0.1, -0.05) is 30.3 Å². The minimum atomic E-state index is -3.67. The number of aromatic nitrogens is 1. The van der Waals surface area contributed by atoms with Crippen LogP contribution in [-0.4, -0.2) is 73.6 Å². The first-order valence-electron chi connectivity index (χ1n) is 12.2. The van der Waals surface area contributed by atoms with Gasteiger partial charge in [-0.2, -0.15) is 16.8 Å². The molecule has 1 atom stereocenters. The summed E-state index contributed by atoms with van der Waals surface area (Å²) in [6, 6.07) is 14.5. The third kappa shape index (κ3) is 18.0. The van der Waals surface area contributed by atoms with Crippen molar-refractivity contribution >= 4 is 48.6 Å². The minimum absolute atomic E-state index is 0.0205. The van der Waals surface area contributed by atoms with Gasteiger partial charge in [-0.3, -0.25) is 23.7 Å². The molecule has 3 rings (SSSR count). The number of benzene rings is 2. The van der Waals surface area contributed by atoms with E-state index in [2.05, 4.69) is 15.1 Å². The Balaban J connectivity index is 0.000000798. The molecule has 0 bridgehead atoms. The topological polar surface area (TPSA) is 255 Å². The van der Waals surface area contributed by atoms with E-state index in [9.17, 15) is 36.5 Å². The lowest BCUT2D eigenvalue weighted by atomic mass is 9.97. The first-order chi connectivity index (χ1) is 20.0. The molecule has 0 saturated heterocycles. The maximum atomic E-state index is 12.8. The van der Waals surface area contributed by atoms with Crippen molar-refractivity contribution in [3.8, 4) is 0 Å². The van der Waals surface area contributed by atoms with Crippen LogP contribution in [0.5, 0.6) is 0 Å². The van der Waals surface area contributed by atoms with Gasteiger partial charge in [0.05, 0.1) is 25.0 Å². The third-order valence-corrected chi connectivity index (χ3v) is 4.96. The molecule has 0 aliphatic heterocycles. The third-order valence-electron chi connectivity index (χ3n) is 4.96. The fourth-order valence-corrected chi connectivity index (χ4v) is 3.22. The van der Waals surface area contributed by atoms with Crippen LogP contribution in [0.15, 0.2) is 60.9 Å². The lowest BCUT2D eigenvalue weighted by Gasteiger charge is -2.16. The number of fused-ring (bicyclic) bond motifs is 1. The van der Waals surface area contributed by atoms with Crippen molar-refractivity contribution in [2.45, 2.75) is 25.4 Å². The van der Waals surface area contributed by atoms with E-state index in [1.54, 1.807) is 36.7 Å². The Hall–Kier alpha value is -4.23. The Bertz CT molecular complexity index is 1540. The molecule has 18 heteroatoms. The molecule has 0 saturated carbocycles. The standard InChI is InChI=1S/C23H24N4O6.2CH4O3S/c24-13-21(23(29)26-20-8-7-19-14-25-10-9-18(19)12-20)17-5-3-16(4-6-17)15-32-22(28)2-1-11-33-27(30)31;2*1-5(2,3)4/h3-10,12,14,21H,1-2,11,13,15,24H2,(H,26,29);2*1H3,(H,2,3,4). The highest BCUT2D eigenvalue weighted by molar-refractivity contribution is 7.85. The summed E-state index contributed by atoms with van der Waals surface area (Å²) in [6.45, 7) is 0.0281. The van der Waals surface area contributed by atoms with Crippen LogP contribution in [0.2, 0.25) is 0 Å². The zero-order valence-electron chi connectivity index (χ0n) is 23.2. The number of hydrogen-bond donors (Lipinski definition) is 4. The number of ether oxygens (including phenoxy) is 1. The smallest absolute Gasteiger partial charge is 0.306 e. The Morgan fingerprint density at radius 2 is 1.63 bits per heavy atom. The van der Waals surface area contributed by atoms with Crippen LogP contribution in [0, 0.1) is 10.1 Å². The van der Waals surface area contributed by atoms with Gasteiger partial charge in [-0.05, 0) is 41.1 Å². The summed E-state index contributed by atoms with van der Waals surface area (Å²) in [7, 11) is -7.33. The molecule has 236 valence electrons. The molecule has 0 aliphatic carbocycles. The number of anilines is 1. The fourth-order valence-electron chi connectivity index (χ4n) is 3.22. The Morgan fingerprint density at radius 1 is 1.02 bits per heavy atom. The molecule has 3 aromatic rings. The molecule has 43 heavy (non-hydrogen) atoms. The van der Waals surface area contributed by atoms with E-state index in [0.717, 1.165) is 21.9 Å². The molecule has 16 nitrogen and oxygen atoms in total. The van der Waals surface area contributed by atoms with Gasteiger partial charge in [-0.15, -0.1) is 10.1 Å². The van der Waals surface area contributed by atoms with Crippen LogP contribution in [0.3, 0.4) is 0 Å². The predicted octanol–water partition coefficient (Wildman–Crippen LogP) is 1.96. The Morgan fingerprint density at radius 3 is 2.19 bits per heavy atom. The van der Waals surface area contributed by atoms with E-state index in [1.165, 1.54) is 0 Å². The van der Waals surface area contributed by atoms with Crippen molar-refractivity contribution in [3.63, 3.8) is 0 Å². The molecule has 0 spiro atoms. The van der Waals surface area contributed by atoms with Gasteiger partial charge in [0.2, 0.25) is 5.91 Å². The van der Waals surface area contributed by atoms with Gasteiger partial charge >= 0.3 is 5.97 Å². The zero-order valence-corrected chi connectivity index (χ0v) is 24.8. The normalized spacial score (nSPS) is 11.6. The highest BCUT2D eigenvalue weighted by Gasteiger charge is 2.19. The summed E-state index contributed by atoms with van der Waals surface area (Å²) in [5.74, 6) is -1.24. The number of esters is 1. The summed E-state index contributed by atoms with van der Waals surface area (Å²) in [6.07, 6.45) is 5.10. The van der Waals surface area contributed by atoms with E-state index in [0.29, 0.717) is 18.2 Å². The summed E-state index contributed by atoms with van der Waals surface area (Å²) < 4.78 is 56.9. The monoisotopic (exact) mass is 644 g/mol. The van der Waals surface area contributed by atoms with Crippen molar-refractivity contribution in [1.82, 2.24) is 4.98 Å². The molecule has 5 N–H and O–H groups in total. The van der Waals surface area contributed by atoms with Crippen molar-refractivity contribution < 1.29 is 50.2 Å². The second kappa shape index (κ2) is 17.7. The molecule has 0 aliphatic rings. The van der Waals surface area contributed by atoms with Gasteiger partial charge in [0.1, 0.15) is 6.61 Å². The molecule has 0 fully saturated rings. The quantitative estimate of drug-likeness (QED) is 0.0765. The SMILES string of the molecule is CS(=O)(=O)O.CS(=O)(=O)O.NCC(C(=O)Nc1ccc2cnccc2c1)c1ccc(COC(=O)CCCO[N+](=O)[O-])cc1. The minimum Gasteiger partial charge on any atom is -0.461 e. The Labute approximate surface area is 247 Å². The van der Waals surface area contributed by atoms with E-state index in [4.69, 9.17) is 19.6 Å². The van der Waals surface area contributed by atoms with Crippen molar-refractivity contribution in [3.05, 3.63) is 82.2 Å². The molecule has 1 aromatic heterocycles. The van der Waals surface area contributed by atoms with Crippen LogP contribution >= 0.6 is 0 Å². The number of hydrogen-bond acceptors (Lipinski definition) is 12. The summed E-state index contributed by atoms with van der Waals surface area (Å²) in [4.78, 5) is 42.8. The molecular weight excluding hydrogens is 612 g/mol. The number of amides is 1.